The minimum absolute atomic E-state index is 0.0765. The number of nitrogens with two attached hydrogens (primary N) is 1. The highest BCUT2D eigenvalue weighted by Crippen LogP contribution is 2.40. The molecule has 1 saturated carbocycles. The van der Waals surface area contributed by atoms with E-state index in [1.807, 2.05) is 30.5 Å². The van der Waals surface area contributed by atoms with E-state index in [1.54, 1.807) is 11.8 Å². The number of ether oxygens (including phenoxy) is 1. The van der Waals surface area contributed by atoms with Crippen molar-refractivity contribution in [3.8, 4) is 11.8 Å². The van der Waals surface area contributed by atoms with Crippen LogP contribution in [0.2, 0.25) is 0 Å². The maximum absolute atomic E-state index is 12.1. The van der Waals surface area contributed by atoms with Crippen LogP contribution in [0.25, 0.3) is 5.69 Å². The van der Waals surface area contributed by atoms with E-state index in [-0.39, 0.29) is 5.91 Å². The van der Waals surface area contributed by atoms with Crippen molar-refractivity contribution in [3.63, 3.8) is 0 Å². The van der Waals surface area contributed by atoms with Gasteiger partial charge in [0.25, 0.3) is 0 Å². The minimum Gasteiger partial charge on any atom is -0.378 e. The molecule has 1 aromatic carbocycles. The van der Waals surface area contributed by atoms with Crippen LogP contribution in [0.3, 0.4) is 0 Å². The second kappa shape index (κ2) is 8.75. The SMILES string of the molecule is COCc1cn(-c2ccc(CC(C#N)NC(=O)C[C@H]3CC3CN)cc2)nn1. The van der Waals surface area contributed by atoms with E-state index >= 15 is 0 Å². The van der Waals surface area contributed by atoms with E-state index in [4.69, 9.17) is 10.5 Å². The first kappa shape index (κ1) is 19.0. The van der Waals surface area contributed by atoms with Crippen molar-refractivity contribution in [2.75, 3.05) is 13.7 Å². The standard InChI is InChI=1S/C19H24N6O2/c1-27-12-17-11-25(24-23-17)18-4-2-13(3-5-18)6-16(10-21)22-19(26)8-14-7-15(14)9-20/h2-5,11,14-16H,6-9,12,20H2,1H3,(H,22,26)/t14-,15?,16?/m1/s1. The van der Waals surface area contributed by atoms with Crippen LogP contribution < -0.4 is 11.1 Å². The number of carbonyl (C=O) groups excluding carboxylic acids is 1. The predicted molar refractivity (Wildman–Crippen MR) is 98.6 cm³/mol. The van der Waals surface area contributed by atoms with Gasteiger partial charge in [0.2, 0.25) is 5.91 Å². The monoisotopic (exact) mass is 368 g/mol. The van der Waals surface area contributed by atoms with Crippen molar-refractivity contribution in [3.05, 3.63) is 41.7 Å². The Morgan fingerprint density at radius 2 is 2.22 bits per heavy atom. The highest BCUT2D eigenvalue weighted by Gasteiger charge is 2.37. The smallest absolute Gasteiger partial charge is 0.221 e. The van der Waals surface area contributed by atoms with Crippen LogP contribution >= 0.6 is 0 Å². The summed E-state index contributed by atoms with van der Waals surface area (Å²) in [6, 6.07) is 9.29. The Hall–Kier alpha value is -2.76. The molecule has 8 heteroatoms. The fourth-order valence-electron chi connectivity index (χ4n) is 3.13. The number of amides is 1. The fourth-order valence-corrected chi connectivity index (χ4v) is 3.13. The summed E-state index contributed by atoms with van der Waals surface area (Å²) in [5.41, 5.74) is 8.19. The van der Waals surface area contributed by atoms with Crippen LogP contribution in [0, 0.1) is 23.2 Å². The first-order valence-electron chi connectivity index (χ1n) is 9.01. The molecule has 0 aliphatic heterocycles. The van der Waals surface area contributed by atoms with Gasteiger partial charge in [0.15, 0.2) is 0 Å². The maximum atomic E-state index is 12.1. The van der Waals surface area contributed by atoms with Gasteiger partial charge in [-0.2, -0.15) is 5.26 Å². The van der Waals surface area contributed by atoms with Gasteiger partial charge in [0.1, 0.15) is 11.7 Å². The van der Waals surface area contributed by atoms with Gasteiger partial charge in [0.05, 0.1) is 24.6 Å². The van der Waals surface area contributed by atoms with Crippen molar-refractivity contribution >= 4 is 5.91 Å². The van der Waals surface area contributed by atoms with Gasteiger partial charge in [-0.25, -0.2) is 4.68 Å². The molecule has 1 fully saturated rings. The second-order valence-electron chi connectivity index (χ2n) is 6.90. The molecular formula is C19H24N6O2. The number of methoxy groups -OCH3 is 1. The van der Waals surface area contributed by atoms with Gasteiger partial charge in [-0.1, -0.05) is 17.3 Å². The van der Waals surface area contributed by atoms with Crippen molar-refractivity contribution < 1.29 is 9.53 Å². The number of carbonyl (C=O) groups is 1. The molecule has 8 nitrogen and oxygen atoms in total. The van der Waals surface area contributed by atoms with E-state index in [0.717, 1.165) is 23.4 Å². The zero-order valence-electron chi connectivity index (χ0n) is 15.3. The normalized spacial score (nSPS) is 19.3. The summed E-state index contributed by atoms with van der Waals surface area (Å²) < 4.78 is 6.71. The lowest BCUT2D eigenvalue weighted by Gasteiger charge is -2.12. The van der Waals surface area contributed by atoms with E-state index in [2.05, 4.69) is 21.7 Å². The lowest BCUT2D eigenvalue weighted by Crippen LogP contribution is -2.35. The lowest BCUT2D eigenvalue weighted by atomic mass is 10.1. The van der Waals surface area contributed by atoms with Crippen LogP contribution in [0.15, 0.2) is 30.5 Å². The summed E-state index contributed by atoms with van der Waals surface area (Å²) in [6.07, 6.45) is 3.73. The Kier molecular flexibility index (Phi) is 6.16. The topological polar surface area (TPSA) is 119 Å². The molecule has 1 aliphatic carbocycles. The molecule has 0 bridgehead atoms. The third kappa shape index (κ3) is 5.12. The van der Waals surface area contributed by atoms with Gasteiger partial charge in [-0.15, -0.1) is 5.10 Å². The molecule has 27 heavy (non-hydrogen) atoms. The van der Waals surface area contributed by atoms with E-state index in [1.165, 1.54) is 0 Å². The van der Waals surface area contributed by atoms with Gasteiger partial charge < -0.3 is 15.8 Å². The minimum atomic E-state index is -0.543. The summed E-state index contributed by atoms with van der Waals surface area (Å²) in [6.45, 7) is 1.04. The lowest BCUT2D eigenvalue weighted by molar-refractivity contribution is -0.121. The summed E-state index contributed by atoms with van der Waals surface area (Å²) >= 11 is 0. The molecule has 142 valence electrons. The molecule has 1 amide bonds. The summed E-state index contributed by atoms with van der Waals surface area (Å²) in [4.78, 5) is 12.1. The molecule has 1 aliphatic rings. The quantitative estimate of drug-likeness (QED) is 0.680. The average Bonchev–Trinajstić information content (AvgIpc) is 3.25. The van der Waals surface area contributed by atoms with Crippen LogP contribution in [0.5, 0.6) is 0 Å². The van der Waals surface area contributed by atoms with Gasteiger partial charge in [-0.05, 0) is 42.5 Å². The largest absolute Gasteiger partial charge is 0.378 e. The Balaban J connectivity index is 1.54. The number of benzene rings is 1. The van der Waals surface area contributed by atoms with Crippen LogP contribution in [-0.4, -0.2) is 40.6 Å². The maximum Gasteiger partial charge on any atom is 0.221 e. The Bertz CT molecular complexity index is 810. The number of rotatable bonds is 9. The van der Waals surface area contributed by atoms with Crippen LogP contribution in [0.1, 0.15) is 24.1 Å². The van der Waals surface area contributed by atoms with Gasteiger partial charge >= 0.3 is 0 Å². The summed E-state index contributed by atoms with van der Waals surface area (Å²) in [5, 5.41) is 20.3. The molecule has 1 aromatic heterocycles. The van der Waals surface area contributed by atoms with Crippen molar-refractivity contribution in [2.45, 2.75) is 31.9 Å². The molecule has 3 N–H and O–H groups in total. The zero-order valence-corrected chi connectivity index (χ0v) is 15.3. The summed E-state index contributed by atoms with van der Waals surface area (Å²) in [7, 11) is 1.61. The van der Waals surface area contributed by atoms with Gasteiger partial charge in [0, 0.05) is 20.0 Å². The number of nitrogens with one attached hydrogen (secondary N) is 1. The number of hydrogen-bond acceptors (Lipinski definition) is 6. The van der Waals surface area contributed by atoms with Crippen molar-refractivity contribution in [2.24, 2.45) is 17.6 Å². The molecule has 3 rings (SSSR count). The van der Waals surface area contributed by atoms with Gasteiger partial charge in [-0.3, -0.25) is 4.79 Å². The predicted octanol–water partition coefficient (Wildman–Crippen LogP) is 0.949. The molecule has 0 spiro atoms. The molecule has 0 radical (unpaired) electrons. The van der Waals surface area contributed by atoms with E-state index in [0.29, 0.717) is 37.8 Å². The Labute approximate surface area is 158 Å². The second-order valence-corrected chi connectivity index (χ2v) is 6.90. The third-order valence-electron chi connectivity index (χ3n) is 4.78. The van der Waals surface area contributed by atoms with Crippen LogP contribution in [0.4, 0.5) is 0 Å². The molecule has 1 heterocycles. The number of nitriles is 1. The third-order valence-corrected chi connectivity index (χ3v) is 4.78. The number of aromatic nitrogens is 3. The van der Waals surface area contributed by atoms with Crippen LogP contribution in [-0.2, 0) is 22.6 Å². The summed E-state index contributed by atoms with van der Waals surface area (Å²) in [5.74, 6) is 0.761. The molecular weight excluding hydrogens is 344 g/mol. The van der Waals surface area contributed by atoms with Crippen molar-refractivity contribution in [1.29, 1.82) is 5.26 Å². The Morgan fingerprint density at radius 1 is 1.44 bits per heavy atom. The Morgan fingerprint density at radius 3 is 2.85 bits per heavy atom. The first-order valence-corrected chi connectivity index (χ1v) is 9.01. The molecule has 2 unspecified atom stereocenters. The molecule has 2 aromatic rings. The zero-order chi connectivity index (χ0) is 19.2. The average molecular weight is 368 g/mol. The first-order chi connectivity index (χ1) is 13.1. The van der Waals surface area contributed by atoms with E-state index < -0.39 is 6.04 Å². The fraction of sp³-hybridized carbons (Fsp3) is 0.474. The highest BCUT2D eigenvalue weighted by atomic mass is 16.5. The number of nitrogens with zero attached hydrogens (tertiary/aromatic N) is 4. The molecule has 0 saturated heterocycles. The molecule has 3 atom stereocenters. The number of hydrogen-bond donors (Lipinski definition) is 2. The highest BCUT2D eigenvalue weighted by molar-refractivity contribution is 5.77. The van der Waals surface area contributed by atoms with E-state index in [9.17, 15) is 10.1 Å². The van der Waals surface area contributed by atoms with Crippen molar-refractivity contribution in [1.82, 2.24) is 20.3 Å².